The number of hydrogen-bond acceptors (Lipinski definition) is 2. The summed E-state index contributed by atoms with van der Waals surface area (Å²) in [4.78, 5) is 16.0. The smallest absolute Gasteiger partial charge is 0.242 e. The van der Waals surface area contributed by atoms with Crippen molar-refractivity contribution >= 4 is 28.5 Å². The van der Waals surface area contributed by atoms with Crippen molar-refractivity contribution in [3.63, 3.8) is 0 Å². The van der Waals surface area contributed by atoms with Crippen molar-refractivity contribution in [2.75, 3.05) is 7.05 Å². The average Bonchev–Trinajstić information content (AvgIpc) is 2.74. The average molecular weight is 270 g/mol. The lowest BCUT2D eigenvalue weighted by atomic mass is 10.2. The van der Waals surface area contributed by atoms with Crippen molar-refractivity contribution in [3.8, 4) is 0 Å². The first-order valence-electron chi connectivity index (χ1n) is 5.52. The second kappa shape index (κ2) is 4.94. The summed E-state index contributed by atoms with van der Waals surface area (Å²) in [6, 6.07) is 3.83. The minimum Gasteiger partial charge on any atom is -0.357 e. The van der Waals surface area contributed by atoms with Gasteiger partial charge in [0.2, 0.25) is 5.91 Å². The van der Waals surface area contributed by atoms with Gasteiger partial charge in [-0.25, -0.2) is 9.37 Å². The van der Waals surface area contributed by atoms with E-state index >= 15 is 0 Å². The highest BCUT2D eigenvalue weighted by atomic mass is 35.5. The number of amides is 1. The summed E-state index contributed by atoms with van der Waals surface area (Å²) in [5.41, 5.74) is 1.20. The summed E-state index contributed by atoms with van der Waals surface area (Å²) in [7, 11) is 1.57. The number of alkyl halides is 1. The summed E-state index contributed by atoms with van der Waals surface area (Å²) in [5.74, 6) is 0.205. The van der Waals surface area contributed by atoms with Crippen molar-refractivity contribution in [2.24, 2.45) is 0 Å². The second-order valence-electron chi connectivity index (χ2n) is 3.95. The number of benzene rings is 1. The van der Waals surface area contributed by atoms with Crippen LogP contribution in [0.25, 0.3) is 11.0 Å². The lowest BCUT2D eigenvalue weighted by Crippen LogP contribution is -2.28. The van der Waals surface area contributed by atoms with Crippen LogP contribution in [0.4, 0.5) is 4.39 Å². The maximum atomic E-state index is 13.1. The van der Waals surface area contributed by atoms with E-state index in [4.69, 9.17) is 11.6 Å². The first-order valence-corrected chi connectivity index (χ1v) is 6.06. The van der Waals surface area contributed by atoms with E-state index in [0.29, 0.717) is 16.9 Å². The van der Waals surface area contributed by atoms with Crippen LogP contribution in [0.3, 0.4) is 0 Å². The Kier molecular flexibility index (Phi) is 3.52. The lowest BCUT2D eigenvalue weighted by Gasteiger charge is -2.15. The monoisotopic (exact) mass is 269 g/mol. The fourth-order valence-corrected chi connectivity index (χ4v) is 2.16. The van der Waals surface area contributed by atoms with Crippen LogP contribution in [0, 0.1) is 5.82 Å². The van der Waals surface area contributed by atoms with Gasteiger partial charge in [0.1, 0.15) is 17.7 Å². The fraction of sp³-hybridized carbons (Fsp3) is 0.333. The minimum atomic E-state index is -0.445. The maximum Gasteiger partial charge on any atom is 0.242 e. The van der Waals surface area contributed by atoms with Gasteiger partial charge in [0.15, 0.2) is 0 Å². The van der Waals surface area contributed by atoms with E-state index in [9.17, 15) is 9.18 Å². The molecule has 0 aliphatic carbocycles. The number of rotatable bonds is 3. The molecule has 0 saturated heterocycles. The zero-order valence-corrected chi connectivity index (χ0v) is 10.8. The summed E-state index contributed by atoms with van der Waals surface area (Å²) in [5, 5.41) is 2.58. The van der Waals surface area contributed by atoms with Crippen molar-refractivity contribution < 1.29 is 9.18 Å². The molecule has 0 aliphatic rings. The van der Waals surface area contributed by atoms with Crippen LogP contribution >= 0.6 is 11.6 Å². The Morgan fingerprint density at radius 2 is 2.33 bits per heavy atom. The standard InChI is InChI=1S/C12H13ClFN3O/c1-7(12(18)15-2)17-10-4-3-8(14)5-9(10)16-11(17)6-13/h3-5,7H,6H2,1-2H3,(H,15,18). The van der Waals surface area contributed by atoms with Crippen LogP contribution in [-0.2, 0) is 10.7 Å². The SMILES string of the molecule is CNC(=O)C(C)n1c(CCl)nc2cc(F)ccc21. The number of nitrogens with one attached hydrogen (secondary N) is 1. The Balaban J connectivity index is 2.63. The molecule has 0 aliphatic heterocycles. The van der Waals surface area contributed by atoms with Gasteiger partial charge in [-0.05, 0) is 19.1 Å². The normalized spacial score (nSPS) is 12.7. The highest BCUT2D eigenvalue weighted by Crippen LogP contribution is 2.23. The van der Waals surface area contributed by atoms with Crippen molar-refractivity contribution in [1.29, 1.82) is 0 Å². The van der Waals surface area contributed by atoms with Crippen LogP contribution < -0.4 is 5.32 Å². The molecule has 4 nitrogen and oxygen atoms in total. The molecule has 0 bridgehead atoms. The zero-order valence-electron chi connectivity index (χ0n) is 10.1. The number of carbonyl (C=O) groups excluding carboxylic acids is 1. The van der Waals surface area contributed by atoms with E-state index in [-0.39, 0.29) is 17.6 Å². The van der Waals surface area contributed by atoms with Gasteiger partial charge in [0.05, 0.1) is 16.9 Å². The third-order valence-corrected chi connectivity index (χ3v) is 3.10. The van der Waals surface area contributed by atoms with Crippen LogP contribution in [0.5, 0.6) is 0 Å². The van der Waals surface area contributed by atoms with E-state index in [1.54, 1.807) is 24.6 Å². The van der Waals surface area contributed by atoms with Gasteiger partial charge in [0, 0.05) is 13.1 Å². The summed E-state index contributed by atoms with van der Waals surface area (Å²) < 4.78 is 14.9. The number of nitrogens with zero attached hydrogens (tertiary/aromatic N) is 2. The van der Waals surface area contributed by atoms with Crippen molar-refractivity contribution in [2.45, 2.75) is 18.8 Å². The molecule has 6 heteroatoms. The quantitative estimate of drug-likeness (QED) is 0.869. The van der Waals surface area contributed by atoms with Crippen molar-refractivity contribution in [3.05, 3.63) is 29.8 Å². The first-order chi connectivity index (χ1) is 8.58. The summed E-state index contributed by atoms with van der Waals surface area (Å²) >= 11 is 5.83. The maximum absolute atomic E-state index is 13.1. The Morgan fingerprint density at radius 1 is 1.61 bits per heavy atom. The van der Waals surface area contributed by atoms with Gasteiger partial charge in [-0.15, -0.1) is 11.6 Å². The number of hydrogen-bond donors (Lipinski definition) is 1. The molecule has 2 aromatic rings. The molecule has 1 amide bonds. The Hall–Kier alpha value is -1.62. The molecule has 1 aromatic heterocycles. The highest BCUT2D eigenvalue weighted by Gasteiger charge is 2.20. The van der Waals surface area contributed by atoms with Crippen LogP contribution in [0.15, 0.2) is 18.2 Å². The van der Waals surface area contributed by atoms with Crippen LogP contribution in [-0.4, -0.2) is 22.5 Å². The predicted molar refractivity (Wildman–Crippen MR) is 68.0 cm³/mol. The van der Waals surface area contributed by atoms with Gasteiger partial charge in [-0.3, -0.25) is 4.79 Å². The largest absolute Gasteiger partial charge is 0.357 e. The van der Waals surface area contributed by atoms with E-state index in [1.165, 1.54) is 12.1 Å². The molecule has 1 heterocycles. The summed E-state index contributed by atoms with van der Waals surface area (Å²) in [6.45, 7) is 1.75. The molecule has 96 valence electrons. The zero-order chi connectivity index (χ0) is 13.3. The highest BCUT2D eigenvalue weighted by molar-refractivity contribution is 6.16. The van der Waals surface area contributed by atoms with Crippen LogP contribution in [0.1, 0.15) is 18.8 Å². The molecule has 1 N–H and O–H groups in total. The van der Waals surface area contributed by atoms with Gasteiger partial charge >= 0.3 is 0 Å². The van der Waals surface area contributed by atoms with Gasteiger partial charge < -0.3 is 9.88 Å². The number of fused-ring (bicyclic) bond motifs is 1. The molecule has 0 radical (unpaired) electrons. The first kappa shape index (κ1) is 12.8. The molecule has 0 spiro atoms. The number of likely N-dealkylation sites (N-methyl/N-ethyl adjacent to an activating group) is 1. The number of halogens is 2. The second-order valence-corrected chi connectivity index (χ2v) is 4.22. The fourth-order valence-electron chi connectivity index (χ4n) is 1.97. The molecule has 1 atom stereocenters. The number of imidazole rings is 1. The molecule has 2 rings (SSSR count). The molecule has 0 fully saturated rings. The Bertz CT molecular complexity index is 596. The number of carbonyl (C=O) groups is 1. The minimum absolute atomic E-state index is 0.148. The van der Waals surface area contributed by atoms with Gasteiger partial charge in [0.25, 0.3) is 0 Å². The van der Waals surface area contributed by atoms with E-state index in [0.717, 1.165) is 0 Å². The molecular weight excluding hydrogens is 257 g/mol. The van der Waals surface area contributed by atoms with Gasteiger partial charge in [-0.1, -0.05) is 0 Å². The van der Waals surface area contributed by atoms with Gasteiger partial charge in [-0.2, -0.15) is 0 Å². The third kappa shape index (κ3) is 2.06. The lowest BCUT2D eigenvalue weighted by molar-refractivity contribution is -0.123. The van der Waals surface area contributed by atoms with Crippen LogP contribution in [0.2, 0.25) is 0 Å². The molecule has 1 unspecified atom stereocenters. The van der Waals surface area contributed by atoms with E-state index in [1.807, 2.05) is 0 Å². The predicted octanol–water partition coefficient (Wildman–Crippen LogP) is 2.22. The molecule has 0 saturated carbocycles. The van der Waals surface area contributed by atoms with E-state index in [2.05, 4.69) is 10.3 Å². The van der Waals surface area contributed by atoms with E-state index < -0.39 is 6.04 Å². The number of aromatic nitrogens is 2. The summed E-state index contributed by atoms with van der Waals surface area (Å²) in [6.07, 6.45) is 0. The Labute approximate surface area is 109 Å². The topological polar surface area (TPSA) is 46.9 Å². The molecular formula is C12H13ClFN3O. The molecule has 1 aromatic carbocycles. The molecule has 18 heavy (non-hydrogen) atoms. The Morgan fingerprint density at radius 3 is 2.94 bits per heavy atom. The van der Waals surface area contributed by atoms with Crippen molar-refractivity contribution in [1.82, 2.24) is 14.9 Å². The third-order valence-electron chi connectivity index (χ3n) is 2.86.